The molecular formula is C26H20OS. The van der Waals surface area contributed by atoms with Crippen LogP contribution in [0.15, 0.2) is 114 Å². The van der Waals surface area contributed by atoms with Gasteiger partial charge in [0.25, 0.3) is 0 Å². The first kappa shape index (κ1) is 18.3. The van der Waals surface area contributed by atoms with Gasteiger partial charge in [-0.2, -0.15) is 0 Å². The average Bonchev–Trinajstić information content (AvgIpc) is 2.77. The Hall–Kier alpha value is -3.10. The van der Waals surface area contributed by atoms with E-state index in [-0.39, 0.29) is 0 Å². The molecule has 0 aromatic heterocycles. The Morgan fingerprint density at radius 1 is 0.607 bits per heavy atom. The summed E-state index contributed by atoms with van der Waals surface area (Å²) in [5.41, 5.74) is 4.28. The number of hydrogen-bond acceptors (Lipinski definition) is 2. The summed E-state index contributed by atoms with van der Waals surface area (Å²) in [4.78, 5) is 12.9. The van der Waals surface area contributed by atoms with E-state index in [0.717, 1.165) is 33.4 Å². The highest BCUT2D eigenvalue weighted by molar-refractivity contribution is 7.80. The standard InChI is InChI=1S/C26H20OS/c27-19-20-16-17-24(28)18-25(20)26(21-10-4-1-5-11-21,22-12-6-2-7-13-22)23-14-8-3-9-15-23/h1-19,28H. The Balaban J connectivity index is 2.20. The van der Waals surface area contributed by atoms with Crippen LogP contribution in [-0.2, 0) is 5.41 Å². The third-order valence-electron chi connectivity index (χ3n) is 5.19. The molecule has 0 radical (unpaired) electrons. The van der Waals surface area contributed by atoms with E-state index in [1.807, 2.05) is 72.8 Å². The van der Waals surface area contributed by atoms with E-state index in [1.165, 1.54) is 0 Å². The van der Waals surface area contributed by atoms with Crippen LogP contribution < -0.4 is 0 Å². The molecule has 2 heteroatoms. The van der Waals surface area contributed by atoms with Gasteiger partial charge >= 0.3 is 0 Å². The van der Waals surface area contributed by atoms with Crippen LogP contribution in [-0.4, -0.2) is 6.29 Å². The van der Waals surface area contributed by atoms with Crippen molar-refractivity contribution in [3.63, 3.8) is 0 Å². The van der Waals surface area contributed by atoms with Gasteiger partial charge in [0.2, 0.25) is 0 Å². The molecule has 0 saturated heterocycles. The fourth-order valence-electron chi connectivity index (χ4n) is 4.00. The first-order valence-electron chi connectivity index (χ1n) is 9.22. The summed E-state index contributed by atoms with van der Waals surface area (Å²) in [5.74, 6) is 0. The van der Waals surface area contributed by atoms with Crippen molar-refractivity contribution in [2.75, 3.05) is 0 Å². The molecule has 28 heavy (non-hydrogen) atoms. The Labute approximate surface area is 171 Å². The van der Waals surface area contributed by atoms with Crippen molar-refractivity contribution in [1.82, 2.24) is 0 Å². The zero-order valence-corrected chi connectivity index (χ0v) is 16.2. The molecule has 4 aromatic carbocycles. The van der Waals surface area contributed by atoms with Gasteiger partial charge in [-0.3, -0.25) is 4.79 Å². The minimum Gasteiger partial charge on any atom is -0.298 e. The summed E-state index contributed by atoms with van der Waals surface area (Å²) in [6.45, 7) is 0. The molecule has 0 aliphatic heterocycles. The molecule has 1 nitrogen and oxygen atoms in total. The molecule has 0 N–H and O–H groups in total. The lowest BCUT2D eigenvalue weighted by molar-refractivity contribution is 0.112. The summed E-state index contributed by atoms with van der Waals surface area (Å²) in [6, 6.07) is 36.8. The highest BCUT2D eigenvalue weighted by Gasteiger charge is 2.39. The lowest BCUT2D eigenvalue weighted by Crippen LogP contribution is -2.32. The van der Waals surface area contributed by atoms with Crippen molar-refractivity contribution >= 4 is 18.9 Å². The third kappa shape index (κ3) is 3.06. The maximum Gasteiger partial charge on any atom is 0.150 e. The van der Waals surface area contributed by atoms with Crippen LogP contribution in [0.3, 0.4) is 0 Å². The van der Waals surface area contributed by atoms with Crippen LogP contribution in [0.25, 0.3) is 0 Å². The van der Waals surface area contributed by atoms with Gasteiger partial charge in [-0.15, -0.1) is 12.6 Å². The number of benzene rings is 4. The zero-order chi connectivity index (χ0) is 19.4. The maximum absolute atomic E-state index is 12.1. The summed E-state index contributed by atoms with van der Waals surface area (Å²) in [7, 11) is 0. The zero-order valence-electron chi connectivity index (χ0n) is 15.3. The predicted molar refractivity (Wildman–Crippen MR) is 117 cm³/mol. The molecule has 136 valence electrons. The second kappa shape index (κ2) is 7.87. The van der Waals surface area contributed by atoms with Gasteiger partial charge in [-0.25, -0.2) is 0 Å². The molecule has 0 fully saturated rings. The number of carbonyl (C=O) groups excluding carboxylic acids is 1. The first-order valence-corrected chi connectivity index (χ1v) is 9.67. The van der Waals surface area contributed by atoms with E-state index in [4.69, 9.17) is 0 Å². The molecule has 0 heterocycles. The molecule has 0 saturated carbocycles. The van der Waals surface area contributed by atoms with Gasteiger partial charge in [0.05, 0.1) is 5.41 Å². The van der Waals surface area contributed by atoms with Crippen molar-refractivity contribution < 1.29 is 4.79 Å². The molecule has 0 unspecified atom stereocenters. The second-order valence-corrected chi connectivity index (χ2v) is 7.25. The van der Waals surface area contributed by atoms with Crippen molar-refractivity contribution in [3.05, 3.63) is 137 Å². The van der Waals surface area contributed by atoms with Crippen LogP contribution in [0.1, 0.15) is 32.6 Å². The van der Waals surface area contributed by atoms with E-state index in [0.29, 0.717) is 5.56 Å². The second-order valence-electron chi connectivity index (χ2n) is 6.74. The third-order valence-corrected chi connectivity index (χ3v) is 5.47. The van der Waals surface area contributed by atoms with Gasteiger partial charge in [0, 0.05) is 10.5 Å². The molecular weight excluding hydrogens is 360 g/mol. The molecule has 4 aromatic rings. The van der Waals surface area contributed by atoms with Gasteiger partial charge in [0.15, 0.2) is 0 Å². The molecule has 0 aliphatic rings. The maximum atomic E-state index is 12.1. The van der Waals surface area contributed by atoms with Crippen LogP contribution in [0.4, 0.5) is 0 Å². The Kier molecular flexibility index (Phi) is 5.14. The molecule has 0 amide bonds. The van der Waals surface area contributed by atoms with Crippen LogP contribution >= 0.6 is 12.6 Å². The molecule has 4 rings (SSSR count). The smallest absolute Gasteiger partial charge is 0.150 e. The largest absolute Gasteiger partial charge is 0.298 e. The van der Waals surface area contributed by atoms with Gasteiger partial charge < -0.3 is 0 Å². The lowest BCUT2D eigenvalue weighted by Gasteiger charge is -2.37. The number of rotatable bonds is 5. The van der Waals surface area contributed by atoms with Crippen molar-refractivity contribution in [2.24, 2.45) is 0 Å². The number of thiol groups is 1. The van der Waals surface area contributed by atoms with Crippen molar-refractivity contribution in [1.29, 1.82) is 0 Å². The normalized spacial score (nSPS) is 11.2. The van der Waals surface area contributed by atoms with Crippen LogP contribution in [0.5, 0.6) is 0 Å². The van der Waals surface area contributed by atoms with Gasteiger partial charge in [0.1, 0.15) is 6.29 Å². The molecule has 0 spiro atoms. The van der Waals surface area contributed by atoms with Crippen LogP contribution in [0.2, 0.25) is 0 Å². The highest BCUT2D eigenvalue weighted by atomic mass is 32.1. The minimum absolute atomic E-state index is 0.626. The molecule has 0 bridgehead atoms. The summed E-state index contributed by atoms with van der Waals surface area (Å²) < 4.78 is 0. The lowest BCUT2D eigenvalue weighted by atomic mass is 9.64. The van der Waals surface area contributed by atoms with Gasteiger partial charge in [-0.1, -0.05) is 97.1 Å². The molecule has 0 atom stereocenters. The van der Waals surface area contributed by atoms with E-state index in [1.54, 1.807) is 0 Å². The fraction of sp³-hybridized carbons (Fsp3) is 0.0385. The van der Waals surface area contributed by atoms with Crippen molar-refractivity contribution in [3.8, 4) is 0 Å². The molecule has 0 aliphatic carbocycles. The summed E-state index contributed by atoms with van der Waals surface area (Å²) in [6.07, 6.45) is 0.937. The van der Waals surface area contributed by atoms with E-state index >= 15 is 0 Å². The van der Waals surface area contributed by atoms with Crippen molar-refractivity contribution in [2.45, 2.75) is 10.3 Å². The Morgan fingerprint density at radius 3 is 1.43 bits per heavy atom. The average molecular weight is 381 g/mol. The van der Waals surface area contributed by atoms with E-state index in [2.05, 4.69) is 49.0 Å². The first-order chi connectivity index (χ1) is 13.8. The monoisotopic (exact) mass is 380 g/mol. The summed E-state index contributed by atoms with van der Waals surface area (Å²) in [5, 5.41) is 0. The Morgan fingerprint density at radius 2 is 1.04 bits per heavy atom. The predicted octanol–water partition coefficient (Wildman–Crippen LogP) is 6.17. The topological polar surface area (TPSA) is 17.1 Å². The Bertz CT molecular complexity index is 977. The van der Waals surface area contributed by atoms with E-state index < -0.39 is 5.41 Å². The quantitative estimate of drug-likeness (QED) is 0.249. The van der Waals surface area contributed by atoms with Gasteiger partial charge in [-0.05, 0) is 34.4 Å². The SMILES string of the molecule is O=Cc1ccc(S)cc1C(c1ccccc1)(c1ccccc1)c1ccccc1. The minimum atomic E-state index is -0.626. The highest BCUT2D eigenvalue weighted by Crippen LogP contribution is 2.46. The summed E-state index contributed by atoms with van der Waals surface area (Å²) >= 11 is 4.59. The van der Waals surface area contributed by atoms with Crippen LogP contribution in [0, 0.1) is 0 Å². The number of hydrogen-bond donors (Lipinski definition) is 1. The fourth-order valence-corrected chi connectivity index (χ4v) is 4.21. The van der Waals surface area contributed by atoms with E-state index in [9.17, 15) is 4.79 Å². The number of aldehydes is 1. The number of carbonyl (C=O) groups is 1.